The van der Waals surface area contributed by atoms with Crippen LogP contribution in [0, 0.1) is 0 Å². The van der Waals surface area contributed by atoms with Gasteiger partial charge in [-0.15, -0.1) is 12.4 Å². The number of amides is 1. The highest BCUT2D eigenvalue weighted by molar-refractivity contribution is 9.10. The maximum absolute atomic E-state index is 12.5. The Balaban J connectivity index is 0.00000180. The van der Waals surface area contributed by atoms with Gasteiger partial charge in [0.05, 0.1) is 5.02 Å². The van der Waals surface area contributed by atoms with Gasteiger partial charge in [0.1, 0.15) is 0 Å². The molecule has 1 saturated heterocycles. The van der Waals surface area contributed by atoms with Crippen LogP contribution in [-0.4, -0.2) is 36.0 Å². The topological polar surface area (TPSA) is 32.3 Å². The number of nitrogens with zero attached hydrogens (tertiary/aromatic N) is 1. The number of nitrogens with one attached hydrogen (secondary N) is 1. The highest BCUT2D eigenvalue weighted by Gasteiger charge is 2.27. The van der Waals surface area contributed by atoms with Gasteiger partial charge in [0.25, 0.3) is 5.91 Å². The van der Waals surface area contributed by atoms with Crippen molar-refractivity contribution < 1.29 is 4.79 Å². The molecule has 1 aliphatic heterocycles. The van der Waals surface area contributed by atoms with Gasteiger partial charge in [-0.3, -0.25) is 4.79 Å². The molecule has 0 aliphatic carbocycles. The van der Waals surface area contributed by atoms with E-state index in [1.54, 1.807) is 18.2 Å². The molecule has 0 aromatic heterocycles. The summed E-state index contributed by atoms with van der Waals surface area (Å²) < 4.78 is 0.755. The number of carbonyl (C=O) groups excluding carboxylic acids is 1. The van der Waals surface area contributed by atoms with Crippen LogP contribution in [0.4, 0.5) is 0 Å². The summed E-state index contributed by atoms with van der Waals surface area (Å²) in [6.07, 6.45) is 0. The van der Waals surface area contributed by atoms with Crippen molar-refractivity contribution in [3.63, 3.8) is 0 Å². The first-order valence-corrected chi connectivity index (χ1v) is 7.15. The molecule has 1 N–H and O–H groups in total. The van der Waals surface area contributed by atoms with Crippen molar-refractivity contribution in [1.82, 2.24) is 10.2 Å². The van der Waals surface area contributed by atoms with Crippen LogP contribution >= 0.6 is 39.9 Å². The molecule has 1 aromatic carbocycles. The number of rotatable bonds is 1. The van der Waals surface area contributed by atoms with Crippen LogP contribution in [0.1, 0.15) is 24.2 Å². The molecule has 0 radical (unpaired) electrons. The maximum Gasteiger partial charge on any atom is 0.254 e. The zero-order chi connectivity index (χ0) is 13.3. The van der Waals surface area contributed by atoms with Crippen LogP contribution in [0.5, 0.6) is 0 Å². The molecule has 2 unspecified atom stereocenters. The fourth-order valence-electron chi connectivity index (χ4n) is 2.10. The predicted molar refractivity (Wildman–Crippen MR) is 84.4 cm³/mol. The second-order valence-electron chi connectivity index (χ2n) is 4.74. The number of piperazine rings is 1. The molecule has 3 nitrogen and oxygen atoms in total. The van der Waals surface area contributed by atoms with Crippen molar-refractivity contribution in [1.29, 1.82) is 0 Å². The lowest BCUT2D eigenvalue weighted by molar-refractivity contribution is 0.0616. The van der Waals surface area contributed by atoms with Crippen LogP contribution in [0.3, 0.4) is 0 Å². The summed E-state index contributed by atoms with van der Waals surface area (Å²) in [6, 6.07) is 5.85. The minimum absolute atomic E-state index is 0. The molecule has 1 amide bonds. The summed E-state index contributed by atoms with van der Waals surface area (Å²) in [7, 11) is 0. The molecule has 6 heteroatoms. The van der Waals surface area contributed by atoms with Gasteiger partial charge in [-0.05, 0) is 48.0 Å². The number of halogens is 3. The summed E-state index contributed by atoms with van der Waals surface area (Å²) in [5.41, 5.74) is 0.673. The monoisotopic (exact) mass is 366 g/mol. The Kier molecular flexibility index (Phi) is 6.12. The maximum atomic E-state index is 12.5. The van der Waals surface area contributed by atoms with Crippen molar-refractivity contribution in [3.05, 3.63) is 33.3 Å². The molecule has 1 fully saturated rings. The summed E-state index contributed by atoms with van der Waals surface area (Å²) in [4.78, 5) is 14.4. The average molecular weight is 368 g/mol. The zero-order valence-electron chi connectivity index (χ0n) is 10.8. The molecule has 2 rings (SSSR count). The van der Waals surface area contributed by atoms with E-state index in [1.807, 2.05) is 4.90 Å². The lowest BCUT2D eigenvalue weighted by Gasteiger charge is -2.37. The largest absolute Gasteiger partial charge is 0.333 e. The SMILES string of the molecule is CC1CN(C(=O)c2ccc(Cl)c(Br)c2)C(C)CN1.Cl. The van der Waals surface area contributed by atoms with Gasteiger partial charge in [-0.25, -0.2) is 0 Å². The van der Waals surface area contributed by atoms with Crippen LogP contribution in [0.15, 0.2) is 22.7 Å². The molecule has 106 valence electrons. The number of hydrogen-bond acceptors (Lipinski definition) is 2. The van der Waals surface area contributed by atoms with E-state index < -0.39 is 0 Å². The first-order chi connectivity index (χ1) is 8.49. The molecule has 0 bridgehead atoms. The second-order valence-corrected chi connectivity index (χ2v) is 6.01. The van der Waals surface area contributed by atoms with E-state index in [0.717, 1.165) is 17.6 Å². The van der Waals surface area contributed by atoms with E-state index in [-0.39, 0.29) is 24.4 Å². The summed E-state index contributed by atoms with van der Waals surface area (Å²) in [6.45, 7) is 5.72. The fourth-order valence-corrected chi connectivity index (χ4v) is 2.60. The van der Waals surface area contributed by atoms with Crippen LogP contribution < -0.4 is 5.32 Å². The van der Waals surface area contributed by atoms with Crippen molar-refractivity contribution in [3.8, 4) is 0 Å². The molecule has 0 saturated carbocycles. The standard InChI is InChI=1S/C13H16BrClN2O.ClH/c1-8-7-17(9(2)6-16-8)13(18)10-3-4-12(15)11(14)5-10;/h3-5,8-9,16H,6-7H2,1-2H3;1H. The van der Waals surface area contributed by atoms with Gasteiger partial charge in [0.2, 0.25) is 0 Å². The predicted octanol–water partition coefficient (Wildman–Crippen LogP) is 3.35. The lowest BCUT2D eigenvalue weighted by Crippen LogP contribution is -2.56. The molecule has 2 atom stereocenters. The van der Waals surface area contributed by atoms with Crippen LogP contribution in [-0.2, 0) is 0 Å². The third kappa shape index (κ3) is 3.85. The molecular formula is C13H17BrCl2N2O. The van der Waals surface area contributed by atoms with E-state index in [4.69, 9.17) is 11.6 Å². The van der Waals surface area contributed by atoms with E-state index in [0.29, 0.717) is 16.6 Å². The number of benzene rings is 1. The Bertz CT molecular complexity index is 470. The Morgan fingerprint density at radius 2 is 2.16 bits per heavy atom. The van der Waals surface area contributed by atoms with E-state index in [9.17, 15) is 4.79 Å². The zero-order valence-corrected chi connectivity index (χ0v) is 14.0. The van der Waals surface area contributed by atoms with Gasteiger partial charge in [0.15, 0.2) is 0 Å². The lowest BCUT2D eigenvalue weighted by atomic mass is 10.1. The van der Waals surface area contributed by atoms with E-state index in [1.165, 1.54) is 0 Å². The summed E-state index contributed by atoms with van der Waals surface area (Å²) in [5.74, 6) is 0.0632. The third-order valence-electron chi connectivity index (χ3n) is 3.19. The minimum atomic E-state index is 0. The Morgan fingerprint density at radius 1 is 1.47 bits per heavy atom. The van der Waals surface area contributed by atoms with E-state index >= 15 is 0 Å². The highest BCUT2D eigenvalue weighted by Crippen LogP contribution is 2.24. The van der Waals surface area contributed by atoms with Gasteiger partial charge >= 0.3 is 0 Å². The molecule has 19 heavy (non-hydrogen) atoms. The number of hydrogen-bond donors (Lipinski definition) is 1. The smallest absolute Gasteiger partial charge is 0.254 e. The van der Waals surface area contributed by atoms with Gasteiger partial charge in [0, 0.05) is 35.2 Å². The summed E-state index contributed by atoms with van der Waals surface area (Å²) >= 11 is 9.29. The van der Waals surface area contributed by atoms with Crippen LogP contribution in [0.2, 0.25) is 5.02 Å². The van der Waals surface area contributed by atoms with Crippen molar-refractivity contribution in [2.75, 3.05) is 13.1 Å². The summed E-state index contributed by atoms with van der Waals surface area (Å²) in [5, 5.41) is 3.98. The second kappa shape index (κ2) is 6.93. The Morgan fingerprint density at radius 3 is 2.79 bits per heavy atom. The first kappa shape index (κ1) is 16.8. The van der Waals surface area contributed by atoms with Gasteiger partial charge in [-0.2, -0.15) is 0 Å². The first-order valence-electron chi connectivity index (χ1n) is 5.98. The molecule has 1 heterocycles. The minimum Gasteiger partial charge on any atom is -0.333 e. The van der Waals surface area contributed by atoms with Gasteiger partial charge in [-0.1, -0.05) is 11.6 Å². The Hall–Kier alpha value is -0.290. The van der Waals surface area contributed by atoms with Crippen molar-refractivity contribution in [2.24, 2.45) is 0 Å². The molecule has 1 aromatic rings. The average Bonchev–Trinajstić information content (AvgIpc) is 2.35. The van der Waals surface area contributed by atoms with Crippen molar-refractivity contribution in [2.45, 2.75) is 25.9 Å². The number of carbonyl (C=O) groups is 1. The molecular weight excluding hydrogens is 351 g/mol. The van der Waals surface area contributed by atoms with E-state index in [2.05, 4.69) is 35.1 Å². The highest BCUT2D eigenvalue weighted by atomic mass is 79.9. The molecule has 1 aliphatic rings. The van der Waals surface area contributed by atoms with Crippen molar-refractivity contribution >= 4 is 45.8 Å². The third-order valence-corrected chi connectivity index (χ3v) is 4.41. The fraction of sp³-hybridized carbons (Fsp3) is 0.462. The quantitative estimate of drug-likeness (QED) is 0.825. The molecule has 0 spiro atoms. The van der Waals surface area contributed by atoms with Gasteiger partial charge < -0.3 is 10.2 Å². The van der Waals surface area contributed by atoms with Crippen LogP contribution in [0.25, 0.3) is 0 Å². The Labute approximate surface area is 133 Å². The normalized spacial score (nSPS) is 22.8.